The zero-order valence-corrected chi connectivity index (χ0v) is 13.6. The molecule has 5 heteroatoms. The Morgan fingerprint density at radius 3 is 2.95 bits per heavy atom. The van der Waals surface area contributed by atoms with E-state index in [1.54, 1.807) is 11.3 Å². The van der Waals surface area contributed by atoms with Crippen molar-refractivity contribution in [3.05, 3.63) is 21.9 Å². The van der Waals surface area contributed by atoms with Crippen molar-refractivity contribution in [3.63, 3.8) is 0 Å². The minimum absolute atomic E-state index is 0.0892. The van der Waals surface area contributed by atoms with Gasteiger partial charge in [-0.25, -0.2) is 0 Å². The van der Waals surface area contributed by atoms with E-state index in [9.17, 15) is 4.79 Å². The minimum Gasteiger partial charge on any atom is -0.396 e. The maximum absolute atomic E-state index is 12.1. The van der Waals surface area contributed by atoms with Gasteiger partial charge in [-0.15, -0.1) is 11.3 Å². The summed E-state index contributed by atoms with van der Waals surface area (Å²) >= 11 is 1.77. The third kappa shape index (κ3) is 5.09. The number of carbonyl (C=O) groups excluding carboxylic acids is 1. The highest BCUT2D eigenvalue weighted by atomic mass is 32.1. The predicted octanol–water partition coefficient (Wildman–Crippen LogP) is 2.16. The number of thiophene rings is 1. The number of aliphatic hydroxyl groups is 1. The zero-order valence-electron chi connectivity index (χ0n) is 12.8. The van der Waals surface area contributed by atoms with E-state index >= 15 is 0 Å². The highest BCUT2D eigenvalue weighted by Crippen LogP contribution is 2.19. The number of aryl methyl sites for hydroxylation is 1. The van der Waals surface area contributed by atoms with Crippen molar-refractivity contribution in [2.24, 2.45) is 0 Å². The Labute approximate surface area is 131 Å². The molecule has 1 saturated heterocycles. The first-order valence-corrected chi connectivity index (χ1v) is 8.73. The number of likely N-dealkylation sites (tertiary alicyclic amines) is 1. The Hall–Kier alpha value is -0.910. The molecule has 0 radical (unpaired) electrons. The molecule has 0 aliphatic carbocycles. The highest BCUT2D eigenvalue weighted by molar-refractivity contribution is 7.11. The van der Waals surface area contributed by atoms with Gasteiger partial charge in [-0.1, -0.05) is 13.3 Å². The largest absolute Gasteiger partial charge is 0.396 e. The summed E-state index contributed by atoms with van der Waals surface area (Å²) in [6, 6.07) is 4.59. The van der Waals surface area contributed by atoms with Crippen LogP contribution in [0.1, 0.15) is 42.4 Å². The molecule has 1 atom stereocenters. The second kappa shape index (κ2) is 8.51. The van der Waals surface area contributed by atoms with E-state index in [0.717, 1.165) is 32.2 Å². The molecule has 0 saturated carbocycles. The van der Waals surface area contributed by atoms with Crippen molar-refractivity contribution in [2.45, 2.75) is 51.6 Å². The van der Waals surface area contributed by atoms with Crippen molar-refractivity contribution in [1.29, 1.82) is 0 Å². The number of hydrogen-bond acceptors (Lipinski definition) is 4. The third-order valence-corrected chi connectivity index (χ3v) is 5.31. The summed E-state index contributed by atoms with van der Waals surface area (Å²) in [4.78, 5) is 16.9. The lowest BCUT2D eigenvalue weighted by atomic mass is 10.00. The quantitative estimate of drug-likeness (QED) is 0.811. The fraction of sp³-hybridized carbons (Fsp3) is 0.688. The number of hydrogen-bond donors (Lipinski definition) is 2. The average Bonchev–Trinajstić information content (AvgIpc) is 2.95. The maximum Gasteiger partial charge on any atom is 0.234 e. The van der Waals surface area contributed by atoms with Crippen LogP contribution in [0.15, 0.2) is 12.1 Å². The van der Waals surface area contributed by atoms with Gasteiger partial charge in [0.05, 0.1) is 13.1 Å². The van der Waals surface area contributed by atoms with Crippen LogP contribution in [0.5, 0.6) is 0 Å². The number of amides is 1. The summed E-state index contributed by atoms with van der Waals surface area (Å²) in [5.41, 5.74) is 0. The normalized spacial score (nSPS) is 19.6. The van der Waals surface area contributed by atoms with Crippen molar-refractivity contribution in [2.75, 3.05) is 19.7 Å². The Morgan fingerprint density at radius 1 is 1.43 bits per heavy atom. The molecule has 0 spiro atoms. The van der Waals surface area contributed by atoms with Gasteiger partial charge in [0.25, 0.3) is 0 Å². The Bertz CT molecular complexity index is 445. The monoisotopic (exact) mass is 310 g/mol. The van der Waals surface area contributed by atoms with Gasteiger partial charge in [-0.3, -0.25) is 9.69 Å². The standard InChI is InChI=1S/C16H26N2O2S/c1-2-14-6-7-15(21-14)11-17-16(20)12-18-9-4-3-5-13(18)8-10-19/h6-7,13,19H,2-5,8-12H2,1H3,(H,17,20). The lowest BCUT2D eigenvalue weighted by molar-refractivity contribution is -0.123. The molecule has 2 heterocycles. The summed E-state index contributed by atoms with van der Waals surface area (Å²) in [7, 11) is 0. The molecule has 4 nitrogen and oxygen atoms in total. The van der Waals surface area contributed by atoms with Crippen molar-refractivity contribution in [3.8, 4) is 0 Å². The molecule has 1 fully saturated rings. The van der Waals surface area contributed by atoms with E-state index in [1.165, 1.54) is 16.2 Å². The van der Waals surface area contributed by atoms with E-state index in [2.05, 4.69) is 29.3 Å². The number of carbonyl (C=O) groups is 1. The molecule has 2 rings (SSSR count). The van der Waals surface area contributed by atoms with Crippen molar-refractivity contribution < 1.29 is 9.90 Å². The molecule has 1 aromatic rings. The SMILES string of the molecule is CCc1ccc(CNC(=O)CN2CCCCC2CCO)s1. The molecule has 1 amide bonds. The van der Waals surface area contributed by atoms with Gasteiger partial charge >= 0.3 is 0 Å². The van der Waals surface area contributed by atoms with Gasteiger partial charge in [0, 0.05) is 22.4 Å². The van der Waals surface area contributed by atoms with Gasteiger partial charge in [0.2, 0.25) is 5.91 Å². The van der Waals surface area contributed by atoms with E-state index in [-0.39, 0.29) is 12.5 Å². The second-order valence-electron chi connectivity index (χ2n) is 5.63. The van der Waals surface area contributed by atoms with Crippen LogP contribution in [0.25, 0.3) is 0 Å². The molecule has 21 heavy (non-hydrogen) atoms. The molecule has 1 aromatic heterocycles. The molecule has 1 aliphatic rings. The summed E-state index contributed by atoms with van der Waals surface area (Å²) in [5, 5.41) is 12.1. The van der Waals surface area contributed by atoms with Gasteiger partial charge < -0.3 is 10.4 Å². The van der Waals surface area contributed by atoms with Gasteiger partial charge in [0.1, 0.15) is 0 Å². The lowest BCUT2D eigenvalue weighted by Gasteiger charge is -2.34. The van der Waals surface area contributed by atoms with Gasteiger partial charge in [0.15, 0.2) is 0 Å². The number of rotatable bonds is 7. The summed E-state index contributed by atoms with van der Waals surface area (Å²) in [6.07, 6.45) is 5.28. The van der Waals surface area contributed by atoms with Crippen LogP contribution in [0, 0.1) is 0 Å². The zero-order chi connectivity index (χ0) is 15.1. The van der Waals surface area contributed by atoms with E-state index in [4.69, 9.17) is 5.11 Å². The van der Waals surface area contributed by atoms with Crippen LogP contribution in [0.2, 0.25) is 0 Å². The number of piperidine rings is 1. The minimum atomic E-state index is 0.0892. The predicted molar refractivity (Wildman–Crippen MR) is 86.5 cm³/mol. The van der Waals surface area contributed by atoms with Crippen molar-refractivity contribution in [1.82, 2.24) is 10.2 Å². The first-order chi connectivity index (χ1) is 10.2. The lowest BCUT2D eigenvalue weighted by Crippen LogP contribution is -2.45. The van der Waals surface area contributed by atoms with Crippen LogP contribution in [-0.4, -0.2) is 41.7 Å². The molecule has 1 aliphatic heterocycles. The Morgan fingerprint density at radius 2 is 2.24 bits per heavy atom. The molecule has 0 bridgehead atoms. The average molecular weight is 310 g/mol. The fourth-order valence-electron chi connectivity index (χ4n) is 2.88. The topological polar surface area (TPSA) is 52.6 Å². The first kappa shape index (κ1) is 16.5. The van der Waals surface area contributed by atoms with Gasteiger partial charge in [-0.2, -0.15) is 0 Å². The summed E-state index contributed by atoms with van der Waals surface area (Å²) < 4.78 is 0. The summed E-state index contributed by atoms with van der Waals surface area (Å²) in [5.74, 6) is 0.0892. The maximum atomic E-state index is 12.1. The Balaban J connectivity index is 1.77. The van der Waals surface area contributed by atoms with E-state index in [1.807, 2.05) is 0 Å². The molecule has 0 aromatic carbocycles. The Kier molecular flexibility index (Phi) is 6.67. The van der Waals surface area contributed by atoms with Crippen LogP contribution < -0.4 is 5.32 Å². The fourth-order valence-corrected chi connectivity index (χ4v) is 3.78. The van der Waals surface area contributed by atoms with Crippen LogP contribution in [-0.2, 0) is 17.8 Å². The van der Waals surface area contributed by atoms with Crippen LogP contribution in [0.3, 0.4) is 0 Å². The molecule has 1 unspecified atom stereocenters. The number of nitrogens with one attached hydrogen (secondary N) is 1. The molecular weight excluding hydrogens is 284 g/mol. The number of nitrogens with zero attached hydrogens (tertiary/aromatic N) is 1. The van der Waals surface area contributed by atoms with Crippen LogP contribution in [0.4, 0.5) is 0 Å². The molecule has 118 valence electrons. The van der Waals surface area contributed by atoms with Gasteiger partial charge in [-0.05, 0) is 44.4 Å². The molecule has 2 N–H and O–H groups in total. The smallest absolute Gasteiger partial charge is 0.234 e. The van der Waals surface area contributed by atoms with E-state index < -0.39 is 0 Å². The molecular formula is C16H26N2O2S. The van der Waals surface area contributed by atoms with Crippen LogP contribution >= 0.6 is 11.3 Å². The summed E-state index contributed by atoms with van der Waals surface area (Å²) in [6.45, 7) is 4.40. The first-order valence-electron chi connectivity index (χ1n) is 7.92. The third-order valence-electron chi connectivity index (χ3n) is 4.08. The van der Waals surface area contributed by atoms with Crippen molar-refractivity contribution >= 4 is 17.2 Å². The highest BCUT2D eigenvalue weighted by Gasteiger charge is 2.23. The number of aliphatic hydroxyl groups excluding tert-OH is 1. The van der Waals surface area contributed by atoms with E-state index in [0.29, 0.717) is 19.1 Å². The second-order valence-corrected chi connectivity index (χ2v) is 6.88.